The van der Waals surface area contributed by atoms with Crippen LogP contribution in [0, 0.1) is 0 Å². The number of hydrogen-bond donors (Lipinski definition) is 1. The fraction of sp³-hybridized carbons (Fsp3) is 0.692. The molecule has 1 aliphatic heterocycles. The number of nitrogens with zero attached hydrogens (tertiary/aromatic N) is 2. The van der Waals surface area contributed by atoms with Gasteiger partial charge in [-0.05, 0) is 25.7 Å². The number of ether oxygens (including phenoxy) is 1. The first-order chi connectivity index (χ1) is 8.42. The van der Waals surface area contributed by atoms with Crippen LogP contribution in [0.15, 0.2) is 12.4 Å². The fourth-order valence-corrected chi connectivity index (χ4v) is 2.17. The summed E-state index contributed by atoms with van der Waals surface area (Å²) >= 11 is 0. The smallest absolute Gasteiger partial charge is 0.131 e. The van der Waals surface area contributed by atoms with Gasteiger partial charge in [0.2, 0.25) is 0 Å². The Morgan fingerprint density at radius 2 is 1.82 bits per heavy atom. The minimum absolute atomic E-state index is 0.495. The molecule has 0 bridgehead atoms. The Morgan fingerprint density at radius 1 is 1.12 bits per heavy atom. The molecule has 0 atom stereocenters. The maximum atomic E-state index is 5.35. The Bertz CT molecular complexity index is 355. The highest BCUT2D eigenvalue weighted by Crippen LogP contribution is 2.23. The van der Waals surface area contributed by atoms with E-state index < -0.39 is 0 Å². The molecule has 4 nitrogen and oxygen atoms in total. The van der Waals surface area contributed by atoms with Crippen molar-refractivity contribution in [1.82, 2.24) is 15.3 Å². The van der Waals surface area contributed by atoms with Crippen LogP contribution in [0.5, 0.6) is 0 Å². The van der Waals surface area contributed by atoms with Gasteiger partial charge < -0.3 is 10.1 Å². The van der Waals surface area contributed by atoms with E-state index in [9.17, 15) is 0 Å². The van der Waals surface area contributed by atoms with Crippen LogP contribution < -0.4 is 5.32 Å². The van der Waals surface area contributed by atoms with E-state index in [-0.39, 0.29) is 0 Å². The van der Waals surface area contributed by atoms with E-state index in [1.165, 1.54) is 18.4 Å². The van der Waals surface area contributed by atoms with Crippen LogP contribution in [0.25, 0.3) is 0 Å². The summed E-state index contributed by atoms with van der Waals surface area (Å²) in [5, 5.41) is 3.47. The highest BCUT2D eigenvalue weighted by Gasteiger charge is 2.20. The third-order valence-electron chi connectivity index (χ3n) is 3.48. The molecule has 0 aromatic carbocycles. The van der Waals surface area contributed by atoms with E-state index in [0.717, 1.165) is 44.5 Å². The topological polar surface area (TPSA) is 47.0 Å². The number of aromatic nitrogens is 2. The van der Waals surface area contributed by atoms with Crippen molar-refractivity contribution in [2.75, 3.05) is 13.2 Å². The summed E-state index contributed by atoms with van der Waals surface area (Å²) in [7, 11) is 0. The van der Waals surface area contributed by atoms with Crippen LogP contribution in [0.3, 0.4) is 0 Å². The Morgan fingerprint density at radius 3 is 2.47 bits per heavy atom. The molecule has 1 aromatic rings. The SMILES string of the molecule is c1nc(C2CCOCC2)ncc1CNC1CC1. The first-order valence-corrected chi connectivity index (χ1v) is 6.54. The second-order valence-corrected chi connectivity index (χ2v) is 4.99. The minimum Gasteiger partial charge on any atom is -0.381 e. The minimum atomic E-state index is 0.495. The molecule has 0 amide bonds. The lowest BCUT2D eigenvalue weighted by Gasteiger charge is -2.20. The zero-order valence-corrected chi connectivity index (χ0v) is 10.1. The molecule has 0 unspecified atom stereocenters. The van der Waals surface area contributed by atoms with Crippen LogP contribution in [-0.4, -0.2) is 29.2 Å². The van der Waals surface area contributed by atoms with Crippen molar-refractivity contribution in [1.29, 1.82) is 0 Å². The van der Waals surface area contributed by atoms with E-state index >= 15 is 0 Å². The van der Waals surface area contributed by atoms with Gasteiger partial charge in [-0.3, -0.25) is 0 Å². The monoisotopic (exact) mass is 233 g/mol. The van der Waals surface area contributed by atoms with Crippen molar-refractivity contribution >= 4 is 0 Å². The molecule has 1 N–H and O–H groups in total. The van der Waals surface area contributed by atoms with E-state index in [1.54, 1.807) is 0 Å². The quantitative estimate of drug-likeness (QED) is 0.858. The van der Waals surface area contributed by atoms with Gasteiger partial charge in [0.15, 0.2) is 0 Å². The van der Waals surface area contributed by atoms with Crippen molar-refractivity contribution in [2.24, 2.45) is 0 Å². The average molecular weight is 233 g/mol. The highest BCUT2D eigenvalue weighted by atomic mass is 16.5. The second kappa shape index (κ2) is 5.10. The molecule has 1 aromatic heterocycles. The summed E-state index contributed by atoms with van der Waals surface area (Å²) < 4.78 is 5.35. The molecule has 17 heavy (non-hydrogen) atoms. The maximum absolute atomic E-state index is 5.35. The Balaban J connectivity index is 1.58. The Labute approximate surface area is 102 Å². The molecule has 0 spiro atoms. The zero-order chi connectivity index (χ0) is 11.5. The van der Waals surface area contributed by atoms with E-state index in [4.69, 9.17) is 4.74 Å². The molecule has 1 saturated heterocycles. The molecule has 92 valence electrons. The Kier molecular flexibility index (Phi) is 3.34. The predicted molar refractivity (Wildman–Crippen MR) is 64.7 cm³/mol. The van der Waals surface area contributed by atoms with Crippen molar-refractivity contribution < 1.29 is 4.74 Å². The molecule has 2 aliphatic rings. The summed E-state index contributed by atoms with van der Waals surface area (Å²) in [5.41, 5.74) is 1.19. The summed E-state index contributed by atoms with van der Waals surface area (Å²) in [4.78, 5) is 8.99. The summed E-state index contributed by atoms with van der Waals surface area (Å²) in [6.45, 7) is 2.59. The average Bonchev–Trinajstić information content (AvgIpc) is 3.22. The normalized spacial score (nSPS) is 21.6. The van der Waals surface area contributed by atoms with Gasteiger partial charge >= 0.3 is 0 Å². The molecule has 3 rings (SSSR count). The molecular formula is C13H19N3O. The molecule has 2 fully saturated rings. The van der Waals surface area contributed by atoms with E-state index in [0.29, 0.717) is 5.92 Å². The molecular weight excluding hydrogens is 214 g/mol. The van der Waals surface area contributed by atoms with E-state index in [2.05, 4.69) is 15.3 Å². The number of rotatable bonds is 4. The van der Waals surface area contributed by atoms with Gasteiger partial charge in [-0.1, -0.05) is 0 Å². The van der Waals surface area contributed by atoms with Gasteiger partial charge in [0.05, 0.1) is 0 Å². The molecule has 1 aliphatic carbocycles. The van der Waals surface area contributed by atoms with Gasteiger partial charge in [-0.15, -0.1) is 0 Å². The van der Waals surface area contributed by atoms with Gasteiger partial charge in [0, 0.05) is 49.7 Å². The van der Waals surface area contributed by atoms with Crippen LogP contribution in [0.4, 0.5) is 0 Å². The zero-order valence-electron chi connectivity index (χ0n) is 10.1. The second-order valence-electron chi connectivity index (χ2n) is 4.99. The van der Waals surface area contributed by atoms with Crippen molar-refractivity contribution in [2.45, 2.75) is 44.2 Å². The first-order valence-electron chi connectivity index (χ1n) is 6.54. The molecule has 4 heteroatoms. The number of hydrogen-bond acceptors (Lipinski definition) is 4. The van der Waals surface area contributed by atoms with Gasteiger partial charge in [-0.2, -0.15) is 0 Å². The number of nitrogens with one attached hydrogen (secondary N) is 1. The first kappa shape index (κ1) is 11.1. The molecule has 1 saturated carbocycles. The third kappa shape index (κ3) is 3.01. The summed E-state index contributed by atoms with van der Waals surface area (Å²) in [5.74, 6) is 1.48. The van der Waals surface area contributed by atoms with Gasteiger partial charge in [0.1, 0.15) is 5.82 Å². The highest BCUT2D eigenvalue weighted by molar-refractivity contribution is 5.08. The van der Waals surface area contributed by atoms with Gasteiger partial charge in [0.25, 0.3) is 0 Å². The summed E-state index contributed by atoms with van der Waals surface area (Å²) in [6, 6.07) is 0.741. The van der Waals surface area contributed by atoms with Crippen molar-refractivity contribution in [3.8, 4) is 0 Å². The standard InChI is InChI=1S/C13H19N3O/c1-2-12(1)14-7-10-8-15-13(16-9-10)11-3-5-17-6-4-11/h8-9,11-12,14H,1-7H2. The Hall–Kier alpha value is -1.00. The fourth-order valence-electron chi connectivity index (χ4n) is 2.17. The van der Waals surface area contributed by atoms with Crippen LogP contribution in [0.1, 0.15) is 43.0 Å². The lowest BCUT2D eigenvalue weighted by atomic mass is 9.99. The molecule has 0 radical (unpaired) electrons. The maximum Gasteiger partial charge on any atom is 0.131 e. The van der Waals surface area contributed by atoms with Gasteiger partial charge in [-0.25, -0.2) is 9.97 Å². The largest absolute Gasteiger partial charge is 0.381 e. The summed E-state index contributed by atoms with van der Waals surface area (Å²) in [6.07, 6.45) is 8.68. The van der Waals surface area contributed by atoms with Crippen LogP contribution in [0.2, 0.25) is 0 Å². The van der Waals surface area contributed by atoms with Crippen molar-refractivity contribution in [3.63, 3.8) is 0 Å². The third-order valence-corrected chi connectivity index (χ3v) is 3.48. The predicted octanol–water partition coefficient (Wildman–Crippen LogP) is 1.62. The van der Waals surface area contributed by atoms with Crippen molar-refractivity contribution in [3.05, 3.63) is 23.8 Å². The van der Waals surface area contributed by atoms with Crippen LogP contribution >= 0.6 is 0 Å². The van der Waals surface area contributed by atoms with E-state index in [1.807, 2.05) is 12.4 Å². The molecule has 2 heterocycles. The lowest BCUT2D eigenvalue weighted by molar-refractivity contribution is 0.0835. The van der Waals surface area contributed by atoms with Crippen LogP contribution in [-0.2, 0) is 11.3 Å². The lowest BCUT2D eigenvalue weighted by Crippen LogP contribution is -2.18.